The normalized spacial score (nSPS) is 9.65. The molecule has 0 unspecified atom stereocenters. The Bertz CT molecular complexity index is 592. The minimum absolute atomic E-state index is 0.197. The van der Waals surface area contributed by atoms with Crippen LogP contribution >= 0.6 is 0 Å². The van der Waals surface area contributed by atoms with Crippen LogP contribution in [0.2, 0.25) is 0 Å². The zero-order valence-electron chi connectivity index (χ0n) is 13.7. The van der Waals surface area contributed by atoms with Crippen LogP contribution in [0.1, 0.15) is 13.8 Å². The van der Waals surface area contributed by atoms with E-state index in [0.717, 1.165) is 24.3 Å². The van der Waals surface area contributed by atoms with Crippen molar-refractivity contribution in [1.29, 1.82) is 0 Å². The molecule has 0 fully saturated rings. The van der Waals surface area contributed by atoms with Crippen molar-refractivity contribution in [1.82, 2.24) is 0 Å². The van der Waals surface area contributed by atoms with E-state index in [9.17, 15) is 10.2 Å². The lowest BCUT2D eigenvalue weighted by Crippen LogP contribution is -1.97. The van der Waals surface area contributed by atoms with Crippen LogP contribution in [0.5, 0.6) is 11.5 Å². The molecule has 0 aliphatic heterocycles. The second-order valence-electron chi connectivity index (χ2n) is 4.73. The number of benzene rings is 2. The third-order valence-electron chi connectivity index (χ3n) is 3.04. The summed E-state index contributed by atoms with van der Waals surface area (Å²) in [6.07, 6.45) is 1.73. The fourth-order valence-corrected chi connectivity index (χ4v) is 1.90. The SMILES string of the molecule is C=CCNc1ccc(-c2ccc(O)cc2)cc1O.CCOCC. The lowest BCUT2D eigenvalue weighted by Gasteiger charge is -2.08. The minimum Gasteiger partial charge on any atom is -0.508 e. The zero-order valence-corrected chi connectivity index (χ0v) is 13.7. The molecule has 0 atom stereocenters. The molecule has 2 aromatic rings. The van der Waals surface area contributed by atoms with E-state index in [-0.39, 0.29) is 11.5 Å². The quantitative estimate of drug-likeness (QED) is 0.546. The molecule has 0 saturated carbocycles. The summed E-state index contributed by atoms with van der Waals surface area (Å²) >= 11 is 0. The molecule has 4 nitrogen and oxygen atoms in total. The summed E-state index contributed by atoms with van der Waals surface area (Å²) in [5.41, 5.74) is 2.52. The lowest BCUT2D eigenvalue weighted by atomic mass is 10.0. The smallest absolute Gasteiger partial charge is 0.139 e. The van der Waals surface area contributed by atoms with Gasteiger partial charge in [-0.25, -0.2) is 0 Å². The van der Waals surface area contributed by atoms with Gasteiger partial charge in [-0.3, -0.25) is 0 Å². The number of rotatable bonds is 6. The zero-order chi connectivity index (χ0) is 17.1. The molecule has 0 aliphatic carbocycles. The molecule has 2 aromatic carbocycles. The fraction of sp³-hybridized carbons (Fsp3) is 0.263. The topological polar surface area (TPSA) is 61.7 Å². The number of aromatic hydroxyl groups is 2. The molecular weight excluding hydrogens is 290 g/mol. The van der Waals surface area contributed by atoms with Crippen molar-refractivity contribution in [3.05, 3.63) is 55.1 Å². The van der Waals surface area contributed by atoms with E-state index in [1.165, 1.54) is 0 Å². The second kappa shape index (κ2) is 10.3. The van der Waals surface area contributed by atoms with Crippen molar-refractivity contribution in [2.75, 3.05) is 25.1 Å². The summed E-state index contributed by atoms with van der Waals surface area (Å²) < 4.78 is 4.83. The number of nitrogens with one attached hydrogen (secondary N) is 1. The molecule has 4 heteroatoms. The van der Waals surface area contributed by atoms with Crippen molar-refractivity contribution < 1.29 is 14.9 Å². The van der Waals surface area contributed by atoms with E-state index >= 15 is 0 Å². The van der Waals surface area contributed by atoms with Gasteiger partial charge in [0.05, 0.1) is 5.69 Å². The highest BCUT2D eigenvalue weighted by atomic mass is 16.5. The Hall–Kier alpha value is -2.46. The summed E-state index contributed by atoms with van der Waals surface area (Å²) in [6.45, 7) is 9.88. The lowest BCUT2D eigenvalue weighted by molar-refractivity contribution is 0.162. The van der Waals surface area contributed by atoms with Gasteiger partial charge in [-0.2, -0.15) is 0 Å². The first-order valence-electron chi connectivity index (χ1n) is 7.67. The molecule has 0 aliphatic rings. The van der Waals surface area contributed by atoms with E-state index in [1.54, 1.807) is 36.4 Å². The first-order chi connectivity index (χ1) is 11.1. The Morgan fingerprint density at radius 1 is 1.00 bits per heavy atom. The van der Waals surface area contributed by atoms with E-state index < -0.39 is 0 Å². The van der Waals surface area contributed by atoms with Gasteiger partial charge in [0.25, 0.3) is 0 Å². The average molecular weight is 315 g/mol. The summed E-state index contributed by atoms with van der Waals surface area (Å²) in [6, 6.07) is 12.3. The summed E-state index contributed by atoms with van der Waals surface area (Å²) in [7, 11) is 0. The Morgan fingerprint density at radius 2 is 1.61 bits per heavy atom. The van der Waals surface area contributed by atoms with Crippen molar-refractivity contribution in [2.45, 2.75) is 13.8 Å². The van der Waals surface area contributed by atoms with Gasteiger partial charge in [0.2, 0.25) is 0 Å². The first kappa shape index (κ1) is 18.6. The average Bonchev–Trinajstić information content (AvgIpc) is 2.56. The van der Waals surface area contributed by atoms with Crippen LogP contribution in [0.25, 0.3) is 11.1 Å². The van der Waals surface area contributed by atoms with Crippen LogP contribution in [-0.4, -0.2) is 30.0 Å². The largest absolute Gasteiger partial charge is 0.508 e. The molecular formula is C19H25NO3. The Balaban J connectivity index is 0.000000463. The van der Waals surface area contributed by atoms with Gasteiger partial charge in [0.1, 0.15) is 11.5 Å². The second-order valence-corrected chi connectivity index (χ2v) is 4.73. The first-order valence-corrected chi connectivity index (χ1v) is 7.67. The number of anilines is 1. The highest BCUT2D eigenvalue weighted by Gasteiger charge is 2.03. The Morgan fingerprint density at radius 3 is 2.09 bits per heavy atom. The molecule has 124 valence electrons. The van der Waals surface area contributed by atoms with Gasteiger partial charge in [-0.15, -0.1) is 6.58 Å². The van der Waals surface area contributed by atoms with Gasteiger partial charge in [-0.05, 0) is 49.2 Å². The molecule has 0 saturated heterocycles. The van der Waals surface area contributed by atoms with Crippen molar-refractivity contribution in [3.63, 3.8) is 0 Å². The number of hydrogen-bond acceptors (Lipinski definition) is 4. The van der Waals surface area contributed by atoms with Gasteiger partial charge in [0.15, 0.2) is 0 Å². The standard InChI is InChI=1S/C15H15NO2.C4H10O/c1-2-9-16-14-8-5-12(10-15(14)18)11-3-6-13(17)7-4-11;1-3-5-4-2/h2-8,10,16-18H,1,9H2;3-4H2,1-2H3. The third-order valence-corrected chi connectivity index (χ3v) is 3.04. The van der Waals surface area contributed by atoms with Crippen LogP contribution in [0.4, 0.5) is 5.69 Å². The van der Waals surface area contributed by atoms with E-state index in [4.69, 9.17) is 4.74 Å². The number of phenolic OH excluding ortho intramolecular Hbond substituents is 2. The highest BCUT2D eigenvalue weighted by molar-refractivity contribution is 5.71. The summed E-state index contributed by atoms with van der Waals surface area (Å²) in [5.74, 6) is 0.426. The number of phenols is 2. The number of hydrogen-bond donors (Lipinski definition) is 3. The third kappa shape index (κ3) is 6.45. The van der Waals surface area contributed by atoms with Crippen molar-refractivity contribution >= 4 is 5.69 Å². The van der Waals surface area contributed by atoms with E-state index in [1.807, 2.05) is 26.0 Å². The van der Waals surface area contributed by atoms with E-state index in [0.29, 0.717) is 12.2 Å². The van der Waals surface area contributed by atoms with Crippen LogP contribution in [0.15, 0.2) is 55.1 Å². The molecule has 0 radical (unpaired) electrons. The maximum absolute atomic E-state index is 9.89. The van der Waals surface area contributed by atoms with Crippen LogP contribution in [0.3, 0.4) is 0 Å². The summed E-state index contributed by atoms with van der Waals surface area (Å²) in [4.78, 5) is 0. The van der Waals surface area contributed by atoms with Crippen LogP contribution in [0, 0.1) is 0 Å². The van der Waals surface area contributed by atoms with Gasteiger partial charge in [-0.1, -0.05) is 24.3 Å². The maximum atomic E-state index is 9.89. The molecule has 0 spiro atoms. The maximum Gasteiger partial charge on any atom is 0.139 e. The molecule has 0 bridgehead atoms. The Labute approximate surface area is 138 Å². The van der Waals surface area contributed by atoms with E-state index in [2.05, 4.69) is 11.9 Å². The minimum atomic E-state index is 0.197. The molecule has 0 aromatic heterocycles. The molecule has 23 heavy (non-hydrogen) atoms. The fourth-order valence-electron chi connectivity index (χ4n) is 1.90. The monoisotopic (exact) mass is 315 g/mol. The summed E-state index contributed by atoms with van der Waals surface area (Å²) in [5, 5.41) is 22.2. The van der Waals surface area contributed by atoms with Gasteiger partial charge >= 0.3 is 0 Å². The van der Waals surface area contributed by atoms with Crippen molar-refractivity contribution in [2.24, 2.45) is 0 Å². The van der Waals surface area contributed by atoms with Crippen molar-refractivity contribution in [3.8, 4) is 22.6 Å². The molecule has 2 rings (SSSR count). The highest BCUT2D eigenvalue weighted by Crippen LogP contribution is 2.30. The molecule has 3 N–H and O–H groups in total. The predicted octanol–water partition coefficient (Wildman–Crippen LogP) is 4.41. The van der Waals surface area contributed by atoms with Gasteiger partial charge in [0, 0.05) is 19.8 Å². The van der Waals surface area contributed by atoms with Gasteiger partial charge < -0.3 is 20.3 Å². The Kier molecular flexibility index (Phi) is 8.32. The molecule has 0 heterocycles. The number of ether oxygens (including phenoxy) is 1. The van der Waals surface area contributed by atoms with Crippen LogP contribution in [-0.2, 0) is 4.74 Å². The van der Waals surface area contributed by atoms with Crippen LogP contribution < -0.4 is 5.32 Å². The predicted molar refractivity (Wildman–Crippen MR) is 96.1 cm³/mol. The molecule has 0 amide bonds.